The molecule has 0 fully saturated rings. The van der Waals surface area contributed by atoms with Crippen LogP contribution in [0.4, 0.5) is 11.4 Å². The molecule has 0 radical (unpaired) electrons. The van der Waals surface area contributed by atoms with E-state index in [1.54, 1.807) is 41.3 Å². The number of nitrogens with zero attached hydrogens (tertiary/aromatic N) is 1. The molecule has 2 amide bonds. The lowest BCUT2D eigenvalue weighted by atomic mass is 10.1. The van der Waals surface area contributed by atoms with Crippen molar-refractivity contribution in [2.75, 3.05) is 38.1 Å². The molecule has 0 heterocycles. The van der Waals surface area contributed by atoms with Gasteiger partial charge < -0.3 is 24.4 Å². The Kier molecular flexibility index (Phi) is 7.39. The molecule has 7 heteroatoms. The van der Waals surface area contributed by atoms with Crippen LogP contribution in [0.1, 0.15) is 27.6 Å². The fourth-order valence-corrected chi connectivity index (χ4v) is 4.13. The highest BCUT2D eigenvalue weighted by molar-refractivity contribution is 6.11. The number of anilines is 2. The van der Waals surface area contributed by atoms with E-state index in [4.69, 9.17) is 14.2 Å². The Labute approximate surface area is 210 Å². The average molecular weight is 485 g/mol. The molecule has 7 nitrogen and oxygen atoms in total. The van der Waals surface area contributed by atoms with Gasteiger partial charge in [-0.1, -0.05) is 36.4 Å². The second-order valence-corrected chi connectivity index (χ2v) is 7.99. The first-order valence-corrected chi connectivity index (χ1v) is 11.5. The topological polar surface area (TPSA) is 77.1 Å². The lowest BCUT2D eigenvalue weighted by Crippen LogP contribution is -2.30. The Morgan fingerprint density at radius 2 is 1.42 bits per heavy atom. The minimum atomic E-state index is -0.348. The largest absolute Gasteiger partial charge is 0.493 e. The van der Waals surface area contributed by atoms with Gasteiger partial charge in [0.1, 0.15) is 0 Å². The van der Waals surface area contributed by atoms with E-state index in [1.807, 2.05) is 49.4 Å². The molecule has 0 unspecified atom stereocenters. The summed E-state index contributed by atoms with van der Waals surface area (Å²) in [4.78, 5) is 28.0. The third kappa shape index (κ3) is 4.81. The maximum Gasteiger partial charge on any atom is 0.258 e. The van der Waals surface area contributed by atoms with E-state index in [9.17, 15) is 9.59 Å². The predicted molar refractivity (Wildman–Crippen MR) is 142 cm³/mol. The van der Waals surface area contributed by atoms with Crippen molar-refractivity contribution in [3.05, 3.63) is 90.0 Å². The first-order valence-electron chi connectivity index (χ1n) is 11.5. The number of fused-ring (bicyclic) bond motifs is 1. The molecule has 4 aromatic carbocycles. The normalized spacial score (nSPS) is 10.6. The summed E-state index contributed by atoms with van der Waals surface area (Å²) in [7, 11) is 4.49. The molecule has 0 bridgehead atoms. The van der Waals surface area contributed by atoms with Gasteiger partial charge in [-0.25, -0.2) is 0 Å². The van der Waals surface area contributed by atoms with E-state index < -0.39 is 0 Å². The summed E-state index contributed by atoms with van der Waals surface area (Å²) in [5.41, 5.74) is 2.28. The lowest BCUT2D eigenvalue weighted by Gasteiger charge is -2.23. The van der Waals surface area contributed by atoms with E-state index in [-0.39, 0.29) is 11.8 Å². The Balaban J connectivity index is 1.55. The van der Waals surface area contributed by atoms with Crippen LogP contribution in [0.25, 0.3) is 10.8 Å². The van der Waals surface area contributed by atoms with Crippen molar-refractivity contribution in [1.82, 2.24) is 0 Å². The smallest absolute Gasteiger partial charge is 0.258 e. The molecule has 4 aromatic rings. The van der Waals surface area contributed by atoms with Gasteiger partial charge in [-0.05, 0) is 54.8 Å². The number of nitrogens with one attached hydrogen (secondary N) is 1. The molecule has 0 spiro atoms. The standard InChI is InChI=1S/C29H28N2O5/c1-5-31(24-12-8-10-19-9-6-7-11-23(19)24)29(33)20-13-15-22(16-14-20)30-28(32)21-17-25(34-2)27(36-4)26(18-21)35-3/h6-18H,5H2,1-4H3,(H,30,32). The quantitative estimate of drug-likeness (QED) is 0.343. The SMILES string of the molecule is CCN(C(=O)c1ccc(NC(=O)c2cc(OC)c(OC)c(OC)c2)cc1)c1cccc2ccccc12. The molecule has 0 aliphatic carbocycles. The minimum absolute atomic E-state index is 0.114. The van der Waals surface area contributed by atoms with Crippen molar-refractivity contribution in [1.29, 1.82) is 0 Å². The zero-order valence-corrected chi connectivity index (χ0v) is 20.7. The molecule has 0 aromatic heterocycles. The number of rotatable bonds is 8. The Bertz CT molecular complexity index is 1370. The number of hydrogen-bond acceptors (Lipinski definition) is 5. The van der Waals surface area contributed by atoms with Crippen molar-refractivity contribution in [3.8, 4) is 17.2 Å². The van der Waals surface area contributed by atoms with Gasteiger partial charge >= 0.3 is 0 Å². The van der Waals surface area contributed by atoms with Gasteiger partial charge in [-0.15, -0.1) is 0 Å². The third-order valence-electron chi connectivity index (χ3n) is 5.94. The molecular formula is C29H28N2O5. The zero-order valence-electron chi connectivity index (χ0n) is 20.7. The molecule has 36 heavy (non-hydrogen) atoms. The molecule has 0 aliphatic rings. The molecule has 0 saturated carbocycles. The van der Waals surface area contributed by atoms with Gasteiger partial charge in [0.15, 0.2) is 11.5 Å². The number of benzene rings is 4. The van der Waals surface area contributed by atoms with Crippen LogP contribution in [0.3, 0.4) is 0 Å². The fourth-order valence-electron chi connectivity index (χ4n) is 4.13. The summed E-state index contributed by atoms with van der Waals surface area (Å²) in [6, 6.07) is 23.9. The maximum absolute atomic E-state index is 13.4. The number of amides is 2. The van der Waals surface area contributed by atoms with Crippen LogP contribution in [0.5, 0.6) is 17.2 Å². The van der Waals surface area contributed by atoms with Crippen LogP contribution in [-0.2, 0) is 0 Å². The van der Waals surface area contributed by atoms with Crippen molar-refractivity contribution in [2.45, 2.75) is 6.92 Å². The first kappa shape index (κ1) is 24.6. The maximum atomic E-state index is 13.4. The van der Waals surface area contributed by atoms with Crippen LogP contribution in [-0.4, -0.2) is 39.7 Å². The predicted octanol–water partition coefficient (Wildman–Crippen LogP) is 5.78. The van der Waals surface area contributed by atoms with Crippen LogP contribution >= 0.6 is 0 Å². The second-order valence-electron chi connectivity index (χ2n) is 7.99. The summed E-state index contributed by atoms with van der Waals surface area (Å²) >= 11 is 0. The summed E-state index contributed by atoms with van der Waals surface area (Å²) in [6.07, 6.45) is 0. The molecule has 1 N–H and O–H groups in total. The van der Waals surface area contributed by atoms with Gasteiger partial charge in [-0.2, -0.15) is 0 Å². The van der Waals surface area contributed by atoms with Gasteiger partial charge in [0.05, 0.1) is 27.0 Å². The van der Waals surface area contributed by atoms with E-state index in [0.717, 1.165) is 16.5 Å². The number of carbonyl (C=O) groups excluding carboxylic acids is 2. The number of hydrogen-bond donors (Lipinski definition) is 1. The molecule has 4 rings (SSSR count). The van der Waals surface area contributed by atoms with E-state index in [1.165, 1.54) is 21.3 Å². The summed E-state index contributed by atoms with van der Waals surface area (Å²) in [5.74, 6) is 0.716. The van der Waals surface area contributed by atoms with Crippen LogP contribution in [0.15, 0.2) is 78.9 Å². The van der Waals surface area contributed by atoms with Gasteiger partial charge in [-0.3, -0.25) is 9.59 Å². The van der Waals surface area contributed by atoms with Gasteiger partial charge in [0.25, 0.3) is 11.8 Å². The third-order valence-corrected chi connectivity index (χ3v) is 5.94. The Hall–Kier alpha value is -4.52. The molecular weight excluding hydrogens is 456 g/mol. The minimum Gasteiger partial charge on any atom is -0.493 e. The van der Waals surface area contributed by atoms with E-state index in [0.29, 0.717) is 40.6 Å². The van der Waals surface area contributed by atoms with E-state index >= 15 is 0 Å². The lowest BCUT2D eigenvalue weighted by molar-refractivity contribution is 0.0987. The van der Waals surface area contributed by atoms with Crippen molar-refractivity contribution in [2.24, 2.45) is 0 Å². The van der Waals surface area contributed by atoms with Crippen LogP contribution < -0.4 is 24.4 Å². The van der Waals surface area contributed by atoms with Crippen molar-refractivity contribution < 1.29 is 23.8 Å². The monoisotopic (exact) mass is 484 g/mol. The summed E-state index contributed by atoms with van der Waals surface area (Å²) in [5, 5.41) is 4.94. The van der Waals surface area contributed by atoms with Gasteiger partial charge in [0, 0.05) is 28.7 Å². The van der Waals surface area contributed by atoms with Crippen LogP contribution in [0.2, 0.25) is 0 Å². The highest BCUT2D eigenvalue weighted by atomic mass is 16.5. The van der Waals surface area contributed by atoms with Gasteiger partial charge in [0.2, 0.25) is 5.75 Å². The van der Waals surface area contributed by atoms with E-state index in [2.05, 4.69) is 5.32 Å². The van der Waals surface area contributed by atoms with Crippen molar-refractivity contribution >= 4 is 34.0 Å². The zero-order chi connectivity index (χ0) is 25.7. The summed E-state index contributed by atoms with van der Waals surface area (Å²) < 4.78 is 16.0. The first-order chi connectivity index (χ1) is 17.5. The van der Waals surface area contributed by atoms with Crippen molar-refractivity contribution in [3.63, 3.8) is 0 Å². The number of methoxy groups -OCH3 is 3. The highest BCUT2D eigenvalue weighted by Crippen LogP contribution is 2.38. The Morgan fingerprint density at radius 3 is 2.03 bits per heavy atom. The molecule has 0 saturated heterocycles. The molecule has 0 atom stereocenters. The number of carbonyl (C=O) groups is 2. The highest BCUT2D eigenvalue weighted by Gasteiger charge is 2.19. The fraction of sp³-hybridized carbons (Fsp3) is 0.172. The summed E-state index contributed by atoms with van der Waals surface area (Å²) in [6.45, 7) is 2.47. The molecule has 0 aliphatic heterocycles. The van der Waals surface area contributed by atoms with Crippen LogP contribution in [0, 0.1) is 0 Å². The molecule has 184 valence electrons. The second kappa shape index (κ2) is 10.8. The average Bonchev–Trinajstić information content (AvgIpc) is 2.92. The number of ether oxygens (including phenoxy) is 3. The Morgan fingerprint density at radius 1 is 0.778 bits per heavy atom.